The van der Waals surface area contributed by atoms with E-state index in [2.05, 4.69) is 24.8 Å². The molecule has 2 aromatic carbocycles. The van der Waals surface area contributed by atoms with Crippen molar-refractivity contribution in [2.24, 2.45) is 0 Å². The summed E-state index contributed by atoms with van der Waals surface area (Å²) in [5, 5.41) is 0.673. The van der Waals surface area contributed by atoms with Crippen molar-refractivity contribution in [1.29, 1.82) is 0 Å². The minimum atomic E-state index is -3.42. The average Bonchev–Trinajstić information content (AvgIpc) is 3.24. The summed E-state index contributed by atoms with van der Waals surface area (Å²) in [6.45, 7) is 9.22. The summed E-state index contributed by atoms with van der Waals surface area (Å²) >= 11 is 3.19. The summed E-state index contributed by atoms with van der Waals surface area (Å²) in [5.41, 5.74) is 1.89. The van der Waals surface area contributed by atoms with E-state index < -0.39 is 9.84 Å². The predicted octanol–water partition coefficient (Wildman–Crippen LogP) is 5.26. The topological polar surface area (TPSA) is 70.6 Å². The number of hydrogen-bond donors (Lipinski definition) is 0. The minimum absolute atomic E-state index is 0.0530. The van der Waals surface area contributed by atoms with Gasteiger partial charge in [0, 0.05) is 24.4 Å². The van der Waals surface area contributed by atoms with Crippen LogP contribution < -0.4 is 4.90 Å². The molecule has 0 aliphatic heterocycles. The molecular weight excluding hydrogens is 486 g/mol. The van der Waals surface area contributed by atoms with Crippen molar-refractivity contribution in [3.63, 3.8) is 0 Å². The fourth-order valence-corrected chi connectivity index (χ4v) is 6.53. The molecule has 184 valence electrons. The molecule has 0 unspecified atom stereocenters. The lowest BCUT2D eigenvalue weighted by atomic mass is 10.2. The van der Waals surface area contributed by atoms with Crippen LogP contribution in [-0.2, 0) is 14.6 Å². The second kappa shape index (κ2) is 12.2. The molecule has 3 rings (SSSR count). The summed E-state index contributed by atoms with van der Waals surface area (Å²) in [7, 11) is -3.42. The first-order chi connectivity index (χ1) is 16.3. The number of benzene rings is 2. The zero-order chi connectivity index (χ0) is 24.7. The number of carbonyl (C=O) groups is 1. The second-order valence-electron chi connectivity index (χ2n) is 8.14. The molecule has 1 amide bonds. The van der Waals surface area contributed by atoms with Crippen molar-refractivity contribution in [3.05, 3.63) is 48.0 Å². The van der Waals surface area contributed by atoms with E-state index >= 15 is 0 Å². The van der Waals surface area contributed by atoms with Gasteiger partial charge in [-0.05, 0) is 63.0 Å². The van der Waals surface area contributed by atoms with Gasteiger partial charge in [-0.3, -0.25) is 9.69 Å². The van der Waals surface area contributed by atoms with E-state index in [1.165, 1.54) is 11.3 Å². The van der Waals surface area contributed by atoms with E-state index in [4.69, 9.17) is 4.98 Å². The standard InChI is InChI=1S/C25H33N3O3S3/c1-5-27(6-2)15-16-28(25-26-22-14-11-20(32-4)18-23(22)33-25)24(29)8-7-17-34(30,31)21-12-9-19(3)10-13-21/h9-14,18H,5-8,15-17H2,1-4H3. The second-order valence-corrected chi connectivity index (χ2v) is 12.1. The molecule has 0 spiro atoms. The Morgan fingerprint density at radius 2 is 1.76 bits per heavy atom. The van der Waals surface area contributed by atoms with E-state index in [0.717, 1.165) is 40.3 Å². The number of thiazole rings is 1. The van der Waals surface area contributed by atoms with Crippen LogP contribution >= 0.6 is 23.1 Å². The Labute approximate surface area is 211 Å². The number of aryl methyl sites for hydroxylation is 1. The van der Waals surface area contributed by atoms with Crippen molar-refractivity contribution in [1.82, 2.24) is 9.88 Å². The van der Waals surface area contributed by atoms with Crippen LogP contribution in [0.25, 0.3) is 10.2 Å². The molecule has 0 aliphatic rings. The lowest BCUT2D eigenvalue weighted by molar-refractivity contribution is -0.118. The molecule has 0 saturated carbocycles. The first-order valence-electron chi connectivity index (χ1n) is 11.5. The molecule has 9 heteroatoms. The van der Waals surface area contributed by atoms with Crippen molar-refractivity contribution < 1.29 is 13.2 Å². The Morgan fingerprint density at radius 3 is 2.41 bits per heavy atom. The Balaban J connectivity index is 1.74. The van der Waals surface area contributed by atoms with Crippen molar-refractivity contribution >= 4 is 54.2 Å². The third-order valence-corrected chi connectivity index (χ3v) is 9.42. The third-order valence-electron chi connectivity index (χ3n) is 5.83. The molecule has 1 heterocycles. The van der Waals surface area contributed by atoms with Crippen LogP contribution in [0, 0.1) is 6.92 Å². The molecule has 0 radical (unpaired) electrons. The van der Waals surface area contributed by atoms with Gasteiger partial charge in [-0.2, -0.15) is 0 Å². The van der Waals surface area contributed by atoms with E-state index in [9.17, 15) is 13.2 Å². The fourth-order valence-electron chi connectivity index (χ4n) is 3.66. The maximum Gasteiger partial charge on any atom is 0.228 e. The minimum Gasteiger partial charge on any atom is -0.302 e. The van der Waals surface area contributed by atoms with Crippen molar-refractivity contribution in [2.45, 2.75) is 43.4 Å². The molecule has 0 saturated heterocycles. The Morgan fingerprint density at radius 1 is 1.06 bits per heavy atom. The number of likely N-dealkylation sites (N-methyl/N-ethyl adjacent to an activating group) is 1. The Hall–Kier alpha value is -1.94. The zero-order valence-electron chi connectivity index (χ0n) is 20.3. The summed E-state index contributed by atoms with van der Waals surface area (Å²) in [5.74, 6) is -0.141. The van der Waals surface area contributed by atoms with Gasteiger partial charge in [0.1, 0.15) is 0 Å². The average molecular weight is 520 g/mol. The van der Waals surface area contributed by atoms with Gasteiger partial charge in [0.25, 0.3) is 0 Å². The summed E-state index contributed by atoms with van der Waals surface area (Å²) in [4.78, 5) is 23.5. The van der Waals surface area contributed by atoms with Crippen molar-refractivity contribution in [2.75, 3.05) is 43.1 Å². The summed E-state index contributed by atoms with van der Waals surface area (Å²) < 4.78 is 26.4. The van der Waals surface area contributed by atoms with Crippen LogP contribution in [0.5, 0.6) is 0 Å². The number of fused-ring (bicyclic) bond motifs is 1. The van der Waals surface area contributed by atoms with Crippen molar-refractivity contribution in [3.8, 4) is 0 Å². The van der Waals surface area contributed by atoms with Gasteiger partial charge < -0.3 is 4.90 Å². The largest absolute Gasteiger partial charge is 0.302 e. The summed E-state index contributed by atoms with van der Waals surface area (Å²) in [6.07, 6.45) is 2.47. The number of aromatic nitrogens is 1. The highest BCUT2D eigenvalue weighted by atomic mass is 32.2. The molecule has 6 nitrogen and oxygen atoms in total. The van der Waals surface area contributed by atoms with Gasteiger partial charge in [0.15, 0.2) is 15.0 Å². The zero-order valence-corrected chi connectivity index (χ0v) is 22.7. The lowest BCUT2D eigenvalue weighted by Crippen LogP contribution is -2.38. The number of amides is 1. The van der Waals surface area contributed by atoms with Crippen LogP contribution in [0.1, 0.15) is 32.3 Å². The van der Waals surface area contributed by atoms with E-state index in [-0.39, 0.29) is 24.5 Å². The predicted molar refractivity (Wildman–Crippen MR) is 144 cm³/mol. The smallest absolute Gasteiger partial charge is 0.228 e. The highest BCUT2D eigenvalue weighted by Crippen LogP contribution is 2.32. The van der Waals surface area contributed by atoms with Gasteiger partial charge in [0.05, 0.1) is 20.9 Å². The first kappa shape index (κ1) is 26.7. The van der Waals surface area contributed by atoms with Gasteiger partial charge in [-0.1, -0.05) is 42.9 Å². The quantitative estimate of drug-likeness (QED) is 0.304. The van der Waals surface area contributed by atoms with Crippen LogP contribution in [0.15, 0.2) is 52.3 Å². The number of sulfone groups is 1. The summed E-state index contributed by atoms with van der Waals surface area (Å²) in [6, 6.07) is 13.0. The Bertz CT molecular complexity index is 1200. The molecular formula is C25H33N3O3S3. The first-order valence-corrected chi connectivity index (χ1v) is 15.2. The SMILES string of the molecule is CCN(CC)CCN(C(=O)CCCS(=O)(=O)c1ccc(C)cc1)c1nc2ccc(SC)cc2s1. The number of nitrogens with zero attached hydrogens (tertiary/aromatic N) is 3. The molecule has 0 N–H and O–H groups in total. The fraction of sp³-hybridized carbons (Fsp3) is 0.440. The number of hydrogen-bond acceptors (Lipinski definition) is 7. The maximum atomic E-state index is 13.3. The number of anilines is 1. The molecule has 0 aliphatic carbocycles. The van der Waals surface area contributed by atoms with Crippen LogP contribution in [0.2, 0.25) is 0 Å². The highest BCUT2D eigenvalue weighted by Gasteiger charge is 2.22. The van der Waals surface area contributed by atoms with Crippen LogP contribution in [0.3, 0.4) is 0 Å². The van der Waals surface area contributed by atoms with Gasteiger partial charge >= 0.3 is 0 Å². The van der Waals surface area contributed by atoms with Crippen LogP contribution in [-0.4, -0.2) is 62.4 Å². The molecule has 34 heavy (non-hydrogen) atoms. The van der Waals surface area contributed by atoms with Gasteiger partial charge in [-0.25, -0.2) is 13.4 Å². The third kappa shape index (κ3) is 6.81. The van der Waals surface area contributed by atoms with E-state index in [0.29, 0.717) is 16.6 Å². The molecule has 3 aromatic rings. The number of rotatable bonds is 12. The maximum absolute atomic E-state index is 13.3. The number of thioether (sulfide) groups is 1. The van der Waals surface area contributed by atoms with Gasteiger partial charge in [-0.15, -0.1) is 11.8 Å². The van der Waals surface area contributed by atoms with E-state index in [1.807, 2.05) is 25.3 Å². The van der Waals surface area contributed by atoms with E-state index in [1.54, 1.807) is 40.9 Å². The highest BCUT2D eigenvalue weighted by molar-refractivity contribution is 7.98. The van der Waals surface area contributed by atoms with Gasteiger partial charge in [0.2, 0.25) is 5.91 Å². The van der Waals surface area contributed by atoms with Crippen LogP contribution in [0.4, 0.5) is 5.13 Å². The number of carbonyl (C=O) groups excluding carboxylic acids is 1. The molecule has 0 bridgehead atoms. The normalized spacial score (nSPS) is 11.9. The molecule has 0 fully saturated rings. The molecule has 1 aromatic heterocycles. The monoisotopic (exact) mass is 519 g/mol. The molecule has 0 atom stereocenters. The lowest BCUT2D eigenvalue weighted by Gasteiger charge is -2.24. The Kier molecular flexibility index (Phi) is 9.53.